The summed E-state index contributed by atoms with van der Waals surface area (Å²) in [5, 5.41) is 15.1. The van der Waals surface area contributed by atoms with Gasteiger partial charge in [0, 0.05) is 23.4 Å². The minimum Gasteiger partial charge on any atom is -0.484 e. The summed E-state index contributed by atoms with van der Waals surface area (Å²) in [4.78, 5) is 48.0. The number of amides is 2. The van der Waals surface area contributed by atoms with Crippen molar-refractivity contribution in [1.82, 2.24) is 10.6 Å². The lowest BCUT2D eigenvalue weighted by atomic mass is 9.91. The second-order valence-corrected chi connectivity index (χ2v) is 8.43. The first-order valence-corrected chi connectivity index (χ1v) is 11.4. The molecule has 1 atom stereocenters. The molecule has 35 heavy (non-hydrogen) atoms. The third-order valence-corrected chi connectivity index (χ3v) is 5.93. The Hall–Kier alpha value is -4.14. The van der Waals surface area contributed by atoms with Gasteiger partial charge in [-0.1, -0.05) is 30.3 Å². The lowest BCUT2D eigenvalue weighted by Gasteiger charge is -2.16. The van der Waals surface area contributed by atoms with Gasteiger partial charge in [-0.05, 0) is 48.9 Å². The second-order valence-electron chi connectivity index (χ2n) is 8.43. The van der Waals surface area contributed by atoms with Crippen molar-refractivity contribution in [1.29, 1.82) is 0 Å². The van der Waals surface area contributed by atoms with E-state index in [2.05, 4.69) is 10.6 Å². The van der Waals surface area contributed by atoms with Crippen LogP contribution >= 0.6 is 0 Å². The summed E-state index contributed by atoms with van der Waals surface area (Å²) in [7, 11) is 0. The van der Waals surface area contributed by atoms with Crippen LogP contribution < -0.4 is 21.0 Å². The largest absolute Gasteiger partial charge is 0.484 e. The first-order chi connectivity index (χ1) is 16.9. The predicted molar refractivity (Wildman–Crippen MR) is 127 cm³/mol. The number of hydrogen-bond acceptors (Lipinski definition) is 6. The van der Waals surface area contributed by atoms with Crippen molar-refractivity contribution < 1.29 is 28.6 Å². The summed E-state index contributed by atoms with van der Waals surface area (Å²) in [6.07, 6.45) is 3.67. The second kappa shape index (κ2) is 10.9. The SMILES string of the molecule is O=C(COc1ccc2c3c(c(=O)oc2c1)CCCC3)NCC(=O)N[C@H](Cc1ccccc1)C(=O)O. The van der Waals surface area contributed by atoms with Crippen molar-refractivity contribution >= 4 is 28.8 Å². The van der Waals surface area contributed by atoms with Crippen LogP contribution in [0.2, 0.25) is 0 Å². The van der Waals surface area contributed by atoms with Crippen LogP contribution in [-0.4, -0.2) is 42.1 Å². The number of ether oxygens (including phenoxy) is 1. The Bertz CT molecular complexity index is 1300. The number of rotatable bonds is 9. The molecule has 9 nitrogen and oxygen atoms in total. The maximum absolute atomic E-state index is 12.3. The molecule has 9 heteroatoms. The van der Waals surface area contributed by atoms with Gasteiger partial charge in [-0.3, -0.25) is 9.59 Å². The van der Waals surface area contributed by atoms with Gasteiger partial charge in [0.05, 0.1) is 6.54 Å². The van der Waals surface area contributed by atoms with E-state index in [-0.39, 0.29) is 25.2 Å². The smallest absolute Gasteiger partial charge is 0.339 e. The first-order valence-electron chi connectivity index (χ1n) is 11.4. The highest BCUT2D eigenvalue weighted by atomic mass is 16.5. The Labute approximate surface area is 201 Å². The predicted octanol–water partition coefficient (Wildman–Crippen LogP) is 1.98. The number of aliphatic carboxylic acids is 1. The molecule has 4 rings (SSSR count). The molecule has 0 saturated heterocycles. The molecule has 0 fully saturated rings. The number of benzene rings is 2. The van der Waals surface area contributed by atoms with Crippen molar-refractivity contribution in [2.45, 2.75) is 38.1 Å². The standard InChI is InChI=1S/C26H26N2O7/c29-23(28-21(25(31)32)12-16-6-2-1-3-7-16)14-27-24(30)15-34-17-10-11-19-18-8-4-5-9-20(18)26(33)35-22(19)13-17/h1-3,6-7,10-11,13,21H,4-5,8-9,12,14-15H2,(H,27,30)(H,28,29)(H,31,32)/t21-/m1/s1. The molecule has 3 N–H and O–H groups in total. The fourth-order valence-electron chi connectivity index (χ4n) is 4.19. The van der Waals surface area contributed by atoms with Gasteiger partial charge in [0.15, 0.2) is 6.61 Å². The van der Waals surface area contributed by atoms with Crippen LogP contribution in [-0.2, 0) is 33.6 Å². The highest BCUT2D eigenvalue weighted by Crippen LogP contribution is 2.29. The number of carboxylic acids is 1. The van der Waals surface area contributed by atoms with Gasteiger partial charge in [-0.15, -0.1) is 0 Å². The van der Waals surface area contributed by atoms with Gasteiger partial charge in [0.2, 0.25) is 5.91 Å². The van der Waals surface area contributed by atoms with Gasteiger partial charge in [-0.2, -0.15) is 0 Å². The molecule has 0 bridgehead atoms. The molecule has 1 aliphatic rings. The molecule has 2 amide bonds. The van der Waals surface area contributed by atoms with Crippen LogP contribution in [0.3, 0.4) is 0 Å². The summed E-state index contributed by atoms with van der Waals surface area (Å²) in [5.74, 6) is -1.99. The molecule has 0 unspecified atom stereocenters. The lowest BCUT2D eigenvalue weighted by molar-refractivity contribution is -0.141. The van der Waals surface area contributed by atoms with Crippen LogP contribution in [0.15, 0.2) is 57.7 Å². The van der Waals surface area contributed by atoms with Gasteiger partial charge < -0.3 is 24.9 Å². The molecule has 2 aromatic carbocycles. The Morgan fingerprint density at radius 2 is 1.74 bits per heavy atom. The van der Waals surface area contributed by atoms with Crippen LogP contribution in [0.5, 0.6) is 5.75 Å². The van der Waals surface area contributed by atoms with Gasteiger partial charge in [0.25, 0.3) is 5.91 Å². The highest BCUT2D eigenvalue weighted by molar-refractivity contribution is 5.88. The molecule has 1 aromatic heterocycles. The highest BCUT2D eigenvalue weighted by Gasteiger charge is 2.21. The molecular formula is C26H26N2O7. The molecule has 182 valence electrons. The van der Waals surface area contributed by atoms with Crippen molar-refractivity contribution in [2.75, 3.05) is 13.2 Å². The molecule has 0 aliphatic heterocycles. The van der Waals surface area contributed by atoms with E-state index in [0.29, 0.717) is 11.3 Å². The summed E-state index contributed by atoms with van der Waals surface area (Å²) in [6.45, 7) is -0.750. The fourth-order valence-corrected chi connectivity index (χ4v) is 4.19. The molecule has 1 heterocycles. The van der Waals surface area contributed by atoms with E-state index in [1.54, 1.807) is 36.4 Å². The van der Waals surface area contributed by atoms with Crippen molar-refractivity contribution in [2.24, 2.45) is 0 Å². The van der Waals surface area contributed by atoms with E-state index >= 15 is 0 Å². The number of carboxylic acid groups (broad SMARTS) is 1. The Balaban J connectivity index is 1.29. The molecule has 3 aromatic rings. The fraction of sp³-hybridized carbons (Fsp3) is 0.308. The van der Waals surface area contributed by atoms with E-state index in [1.165, 1.54) is 0 Å². The summed E-state index contributed by atoms with van der Waals surface area (Å²) in [5.41, 5.74) is 2.60. The van der Waals surface area contributed by atoms with E-state index < -0.39 is 23.8 Å². The Kier molecular flexibility index (Phi) is 7.45. The van der Waals surface area contributed by atoms with E-state index in [1.807, 2.05) is 12.1 Å². The number of nitrogens with one attached hydrogen (secondary N) is 2. The van der Waals surface area contributed by atoms with Crippen LogP contribution in [0.1, 0.15) is 29.5 Å². The zero-order chi connectivity index (χ0) is 24.8. The van der Waals surface area contributed by atoms with Gasteiger partial charge in [0.1, 0.15) is 17.4 Å². The summed E-state index contributed by atoms with van der Waals surface area (Å²) < 4.78 is 10.9. The lowest BCUT2D eigenvalue weighted by Crippen LogP contribution is -2.47. The van der Waals surface area contributed by atoms with E-state index in [4.69, 9.17) is 9.15 Å². The number of aryl methyl sites for hydroxylation is 1. The zero-order valence-electron chi connectivity index (χ0n) is 19.0. The average molecular weight is 479 g/mol. The van der Waals surface area contributed by atoms with Crippen molar-refractivity contribution in [3.8, 4) is 5.75 Å². The number of hydrogen-bond donors (Lipinski definition) is 3. The molecular weight excluding hydrogens is 452 g/mol. The zero-order valence-corrected chi connectivity index (χ0v) is 19.0. The number of fused-ring (bicyclic) bond motifs is 3. The first kappa shape index (κ1) is 24.0. The van der Waals surface area contributed by atoms with Gasteiger partial charge in [-0.25, -0.2) is 9.59 Å². The number of carbonyl (C=O) groups excluding carboxylic acids is 2. The minimum absolute atomic E-state index is 0.125. The Morgan fingerprint density at radius 1 is 1.00 bits per heavy atom. The van der Waals surface area contributed by atoms with Crippen molar-refractivity contribution in [3.63, 3.8) is 0 Å². The quantitative estimate of drug-likeness (QED) is 0.400. The number of carbonyl (C=O) groups is 3. The third kappa shape index (κ3) is 6.06. The Morgan fingerprint density at radius 3 is 2.49 bits per heavy atom. The summed E-state index contributed by atoms with van der Waals surface area (Å²) in [6, 6.07) is 12.9. The average Bonchev–Trinajstić information content (AvgIpc) is 2.86. The molecule has 1 aliphatic carbocycles. The van der Waals surface area contributed by atoms with E-state index in [0.717, 1.165) is 47.8 Å². The van der Waals surface area contributed by atoms with E-state index in [9.17, 15) is 24.3 Å². The van der Waals surface area contributed by atoms with Crippen LogP contribution in [0, 0.1) is 0 Å². The normalized spacial score (nSPS) is 13.5. The monoisotopic (exact) mass is 478 g/mol. The van der Waals surface area contributed by atoms with Crippen molar-refractivity contribution in [3.05, 3.63) is 75.6 Å². The summed E-state index contributed by atoms with van der Waals surface area (Å²) >= 11 is 0. The molecule has 0 radical (unpaired) electrons. The third-order valence-electron chi connectivity index (χ3n) is 5.93. The van der Waals surface area contributed by atoms with Gasteiger partial charge >= 0.3 is 11.6 Å². The van der Waals surface area contributed by atoms with Crippen LogP contribution in [0.4, 0.5) is 0 Å². The van der Waals surface area contributed by atoms with Crippen LogP contribution in [0.25, 0.3) is 11.0 Å². The topological polar surface area (TPSA) is 135 Å². The molecule has 0 saturated carbocycles. The molecule has 0 spiro atoms. The maximum atomic E-state index is 12.3. The minimum atomic E-state index is -1.17. The maximum Gasteiger partial charge on any atom is 0.339 e.